The van der Waals surface area contributed by atoms with Crippen molar-refractivity contribution in [2.75, 3.05) is 19.7 Å². The van der Waals surface area contributed by atoms with Gasteiger partial charge in [-0.25, -0.2) is 9.80 Å². The maximum absolute atomic E-state index is 11.1. The van der Waals surface area contributed by atoms with Crippen molar-refractivity contribution < 1.29 is 9.53 Å². The van der Waals surface area contributed by atoms with Gasteiger partial charge < -0.3 is 4.74 Å². The van der Waals surface area contributed by atoms with Crippen molar-refractivity contribution in [1.29, 1.82) is 0 Å². The van der Waals surface area contributed by atoms with E-state index in [-0.39, 0.29) is 6.61 Å². The van der Waals surface area contributed by atoms with E-state index < -0.39 is 6.09 Å². The lowest BCUT2D eigenvalue weighted by Gasteiger charge is -2.19. The molecule has 0 radical (unpaired) electrons. The molecule has 0 atom stereocenters. The number of ether oxygens (including phenoxy) is 1. The van der Waals surface area contributed by atoms with Gasteiger partial charge in [0.2, 0.25) is 0 Å². The number of nitrogens with one attached hydrogen (secondary N) is 1. The van der Waals surface area contributed by atoms with Gasteiger partial charge >= 0.3 is 6.09 Å². The fourth-order valence-corrected chi connectivity index (χ4v) is 1.52. The molecule has 1 fully saturated rings. The maximum Gasteiger partial charge on any atom is 0.422 e. The van der Waals surface area contributed by atoms with E-state index in [2.05, 4.69) is 17.6 Å². The molecule has 0 aliphatic carbocycles. The van der Waals surface area contributed by atoms with E-state index in [1.807, 2.05) is 5.01 Å². The third kappa shape index (κ3) is 4.53. The van der Waals surface area contributed by atoms with Crippen LogP contribution >= 0.6 is 12.2 Å². The van der Waals surface area contributed by atoms with Gasteiger partial charge in [0.15, 0.2) is 0 Å². The number of thiocarbonyl (C=S) groups is 1. The number of hydrogen-bond acceptors (Lipinski definition) is 4. The Balaban J connectivity index is 2.20. The first-order chi connectivity index (χ1) is 6.83. The van der Waals surface area contributed by atoms with Crippen LogP contribution in [0.15, 0.2) is 0 Å². The van der Waals surface area contributed by atoms with Crippen molar-refractivity contribution in [2.45, 2.75) is 25.7 Å². The molecule has 0 aromatic rings. The van der Waals surface area contributed by atoms with Crippen LogP contribution in [0.4, 0.5) is 4.79 Å². The largest absolute Gasteiger partial charge is 0.444 e. The lowest BCUT2D eigenvalue weighted by molar-refractivity contribution is 0.118. The van der Waals surface area contributed by atoms with Crippen molar-refractivity contribution in [3.8, 4) is 0 Å². The first-order valence-corrected chi connectivity index (χ1v) is 5.42. The van der Waals surface area contributed by atoms with E-state index in [1.54, 1.807) is 0 Å². The molecule has 1 amide bonds. The summed E-state index contributed by atoms with van der Waals surface area (Å²) < 4.78 is 4.78. The molecule has 1 aliphatic rings. The molecule has 0 aromatic carbocycles. The van der Waals surface area contributed by atoms with Crippen LogP contribution in [-0.4, -0.2) is 36.2 Å². The van der Waals surface area contributed by atoms with Gasteiger partial charge in [0.25, 0.3) is 0 Å². The van der Waals surface area contributed by atoms with E-state index in [0.717, 1.165) is 25.9 Å². The maximum atomic E-state index is 11.1. The fraction of sp³-hybridized carbons (Fsp3) is 0.778. The molecule has 1 N–H and O–H groups in total. The molecule has 0 aromatic heterocycles. The quantitative estimate of drug-likeness (QED) is 0.726. The first kappa shape index (κ1) is 11.4. The number of rotatable bonds is 3. The average molecular weight is 216 g/mol. The lowest BCUT2D eigenvalue weighted by Crippen LogP contribution is -2.43. The summed E-state index contributed by atoms with van der Waals surface area (Å²) in [5, 5.41) is 3.31. The molecular formula is C9H16N2O2S. The smallest absolute Gasteiger partial charge is 0.422 e. The van der Waals surface area contributed by atoms with Gasteiger partial charge in [-0.05, 0) is 12.8 Å². The highest BCUT2D eigenvalue weighted by Crippen LogP contribution is 2.07. The molecule has 0 bridgehead atoms. The zero-order chi connectivity index (χ0) is 10.2. The molecule has 1 rings (SSSR count). The second-order valence-corrected chi connectivity index (χ2v) is 3.61. The summed E-state index contributed by atoms with van der Waals surface area (Å²) in [7, 11) is 0. The Morgan fingerprint density at radius 1 is 1.36 bits per heavy atom. The Morgan fingerprint density at radius 2 is 2.00 bits per heavy atom. The van der Waals surface area contributed by atoms with Crippen LogP contribution in [0.25, 0.3) is 0 Å². The van der Waals surface area contributed by atoms with Crippen LogP contribution in [0.2, 0.25) is 0 Å². The van der Waals surface area contributed by atoms with Crippen LogP contribution in [0.5, 0.6) is 0 Å². The summed E-state index contributed by atoms with van der Waals surface area (Å²) in [6.07, 6.45) is 4.34. The van der Waals surface area contributed by atoms with Gasteiger partial charge in [-0.2, -0.15) is 0 Å². The highest BCUT2D eigenvalue weighted by atomic mass is 32.1. The van der Waals surface area contributed by atoms with Crippen molar-refractivity contribution in [2.24, 2.45) is 0 Å². The summed E-state index contributed by atoms with van der Waals surface area (Å²) in [6, 6.07) is 0. The third-order valence-electron chi connectivity index (χ3n) is 2.14. The third-order valence-corrected chi connectivity index (χ3v) is 2.27. The standard InChI is InChI=1S/C9H16N2O2S/c12-9(13-7-8-14)10-11-5-3-1-2-4-6-11/h8H,1-7H2,(H,10,12). The lowest BCUT2D eigenvalue weighted by atomic mass is 10.2. The van der Waals surface area contributed by atoms with Crippen LogP contribution < -0.4 is 5.43 Å². The molecule has 1 heterocycles. The van der Waals surface area contributed by atoms with Crippen LogP contribution in [0.3, 0.4) is 0 Å². The van der Waals surface area contributed by atoms with E-state index in [1.165, 1.54) is 18.2 Å². The molecular weight excluding hydrogens is 200 g/mol. The van der Waals surface area contributed by atoms with Crippen molar-refractivity contribution in [3.05, 3.63) is 0 Å². The predicted octanol–water partition coefficient (Wildman–Crippen LogP) is 1.50. The predicted molar refractivity (Wildman–Crippen MR) is 58.2 cm³/mol. The van der Waals surface area contributed by atoms with Crippen LogP contribution in [0.1, 0.15) is 25.7 Å². The highest BCUT2D eigenvalue weighted by molar-refractivity contribution is 7.79. The minimum absolute atomic E-state index is 0.189. The van der Waals surface area contributed by atoms with Crippen LogP contribution in [-0.2, 0) is 4.74 Å². The number of hydrogen-bond donors (Lipinski definition) is 1. The molecule has 80 valence electrons. The number of hydrazine groups is 1. The fourth-order valence-electron chi connectivity index (χ4n) is 1.45. The normalized spacial score (nSPS) is 18.3. The van der Waals surface area contributed by atoms with Gasteiger partial charge in [0.1, 0.15) is 6.61 Å². The van der Waals surface area contributed by atoms with Gasteiger partial charge in [0.05, 0.1) is 0 Å². The second kappa shape index (κ2) is 6.73. The van der Waals surface area contributed by atoms with Crippen molar-refractivity contribution in [1.82, 2.24) is 10.4 Å². The molecule has 0 unspecified atom stereocenters. The summed E-state index contributed by atoms with van der Waals surface area (Å²) in [4.78, 5) is 11.1. The zero-order valence-corrected chi connectivity index (χ0v) is 9.02. The van der Waals surface area contributed by atoms with Gasteiger partial charge in [-0.15, -0.1) is 0 Å². The number of carbonyl (C=O) groups excluding carboxylic acids is 1. The number of nitrogens with zero attached hydrogens (tertiary/aromatic N) is 1. The second-order valence-electron chi connectivity index (χ2n) is 3.28. The summed E-state index contributed by atoms with van der Waals surface area (Å²) in [6.45, 7) is 2.01. The monoisotopic (exact) mass is 216 g/mol. The average Bonchev–Trinajstić information content (AvgIpc) is 2.43. The molecule has 0 spiro atoms. The van der Waals surface area contributed by atoms with Gasteiger partial charge in [-0.1, -0.05) is 25.1 Å². The zero-order valence-electron chi connectivity index (χ0n) is 8.20. The molecule has 1 aliphatic heterocycles. The topological polar surface area (TPSA) is 41.6 Å². The van der Waals surface area contributed by atoms with E-state index in [0.29, 0.717) is 0 Å². The summed E-state index contributed by atoms with van der Waals surface area (Å²) in [5.74, 6) is 0. The van der Waals surface area contributed by atoms with E-state index >= 15 is 0 Å². The van der Waals surface area contributed by atoms with Gasteiger partial charge in [0, 0.05) is 18.5 Å². The molecule has 0 saturated carbocycles. The SMILES string of the molecule is O=C(NN1CCCCCC1)OCC=S. The van der Waals surface area contributed by atoms with Crippen molar-refractivity contribution in [3.63, 3.8) is 0 Å². The Hall–Kier alpha value is -0.680. The summed E-state index contributed by atoms with van der Waals surface area (Å²) >= 11 is 4.55. The van der Waals surface area contributed by atoms with E-state index in [9.17, 15) is 4.79 Å². The Bertz CT molecular complexity index is 191. The first-order valence-electron chi connectivity index (χ1n) is 4.95. The minimum Gasteiger partial charge on any atom is -0.444 e. The number of amides is 1. The molecule has 1 saturated heterocycles. The van der Waals surface area contributed by atoms with Crippen LogP contribution in [0, 0.1) is 0 Å². The van der Waals surface area contributed by atoms with E-state index in [4.69, 9.17) is 4.74 Å². The highest BCUT2D eigenvalue weighted by Gasteiger charge is 2.11. The van der Waals surface area contributed by atoms with Crippen molar-refractivity contribution >= 4 is 23.7 Å². The van der Waals surface area contributed by atoms with Gasteiger partial charge in [-0.3, -0.25) is 5.43 Å². The molecule has 5 heteroatoms. The number of carbonyl (C=O) groups is 1. The Kier molecular flexibility index (Phi) is 5.47. The minimum atomic E-state index is -0.409. The molecule has 4 nitrogen and oxygen atoms in total. The summed E-state index contributed by atoms with van der Waals surface area (Å²) in [5.41, 5.74) is 2.70. The Morgan fingerprint density at radius 3 is 2.57 bits per heavy atom. The molecule has 14 heavy (non-hydrogen) atoms. The Labute approximate surface area is 89.6 Å².